The Hall–Kier alpha value is -4.19. The molecule has 6 heteroatoms. The molecule has 0 aliphatic heterocycles. The minimum absolute atomic E-state index is 0.115. The number of hydrogen-bond donors (Lipinski definition) is 3. The summed E-state index contributed by atoms with van der Waals surface area (Å²) < 4.78 is 0. The molecule has 3 amide bonds. The molecule has 32 heavy (non-hydrogen) atoms. The Balaban J connectivity index is 1.38. The smallest absolute Gasteiger partial charge is 0.323 e. The second-order valence-corrected chi connectivity index (χ2v) is 7.57. The monoisotopic (exact) mass is 424 g/mol. The van der Waals surface area contributed by atoms with Crippen molar-refractivity contribution in [1.82, 2.24) is 4.98 Å². The van der Waals surface area contributed by atoms with E-state index in [9.17, 15) is 9.59 Å². The van der Waals surface area contributed by atoms with E-state index in [1.165, 1.54) is 0 Å². The third-order valence-electron chi connectivity index (χ3n) is 5.28. The summed E-state index contributed by atoms with van der Waals surface area (Å²) in [7, 11) is 0. The largest absolute Gasteiger partial charge is 0.326 e. The maximum absolute atomic E-state index is 12.7. The Morgan fingerprint density at radius 2 is 1.28 bits per heavy atom. The molecule has 0 bridgehead atoms. The Bertz CT molecular complexity index is 1270. The van der Waals surface area contributed by atoms with Crippen molar-refractivity contribution in [3.05, 3.63) is 95.7 Å². The molecule has 0 spiro atoms. The number of aryl methyl sites for hydroxylation is 2. The van der Waals surface area contributed by atoms with Crippen molar-refractivity contribution >= 4 is 39.9 Å². The van der Waals surface area contributed by atoms with Crippen molar-refractivity contribution in [2.75, 3.05) is 16.0 Å². The van der Waals surface area contributed by atoms with E-state index in [2.05, 4.69) is 20.9 Å². The molecule has 0 fully saturated rings. The van der Waals surface area contributed by atoms with Crippen molar-refractivity contribution in [2.45, 2.75) is 20.3 Å². The van der Waals surface area contributed by atoms with Crippen molar-refractivity contribution in [3.8, 4) is 0 Å². The van der Waals surface area contributed by atoms with Gasteiger partial charge in [0.15, 0.2) is 0 Å². The summed E-state index contributed by atoms with van der Waals surface area (Å²) in [6.07, 6.45) is 0.245. The minimum atomic E-state index is -0.331. The molecule has 3 aromatic carbocycles. The normalized spacial score (nSPS) is 10.6. The van der Waals surface area contributed by atoms with Crippen LogP contribution < -0.4 is 16.0 Å². The van der Waals surface area contributed by atoms with Gasteiger partial charge in [-0.15, -0.1) is 0 Å². The predicted molar refractivity (Wildman–Crippen MR) is 129 cm³/mol. The van der Waals surface area contributed by atoms with Gasteiger partial charge in [-0.1, -0.05) is 36.4 Å². The second kappa shape index (κ2) is 9.31. The molecular formula is C26H24N4O2. The molecule has 1 heterocycles. The van der Waals surface area contributed by atoms with Gasteiger partial charge < -0.3 is 16.0 Å². The molecule has 0 aliphatic carbocycles. The Kier molecular flexibility index (Phi) is 6.12. The van der Waals surface area contributed by atoms with Crippen molar-refractivity contribution in [1.29, 1.82) is 0 Å². The topological polar surface area (TPSA) is 83.1 Å². The van der Waals surface area contributed by atoms with E-state index in [1.54, 1.807) is 24.3 Å². The molecule has 0 unspecified atom stereocenters. The average molecular weight is 425 g/mol. The summed E-state index contributed by atoms with van der Waals surface area (Å²) in [5.74, 6) is -0.115. The van der Waals surface area contributed by atoms with Gasteiger partial charge in [0, 0.05) is 28.1 Å². The SMILES string of the molecule is Cc1nc2ccccc2c(C)c1CC(=O)Nc1ccc(NC(=O)Nc2ccccc2)cc1. The molecule has 160 valence electrons. The van der Waals surface area contributed by atoms with Gasteiger partial charge in [-0.3, -0.25) is 9.78 Å². The predicted octanol–water partition coefficient (Wildman–Crippen LogP) is 5.68. The molecule has 0 aliphatic rings. The number of urea groups is 1. The molecule has 0 atom stereocenters. The van der Waals surface area contributed by atoms with Crippen LogP contribution in [0.2, 0.25) is 0 Å². The number of aromatic nitrogens is 1. The van der Waals surface area contributed by atoms with Gasteiger partial charge in [0.2, 0.25) is 5.91 Å². The molecule has 4 rings (SSSR count). The Morgan fingerprint density at radius 3 is 1.97 bits per heavy atom. The molecular weight excluding hydrogens is 400 g/mol. The summed E-state index contributed by atoms with van der Waals surface area (Å²) in [5.41, 5.74) is 5.81. The summed E-state index contributed by atoms with van der Waals surface area (Å²) in [4.78, 5) is 29.4. The zero-order valence-electron chi connectivity index (χ0n) is 18.0. The number of amides is 3. The quantitative estimate of drug-likeness (QED) is 0.386. The number of carbonyl (C=O) groups excluding carboxylic acids is 2. The van der Waals surface area contributed by atoms with Gasteiger partial charge in [0.05, 0.1) is 11.9 Å². The molecule has 0 saturated carbocycles. The Morgan fingerprint density at radius 1 is 0.719 bits per heavy atom. The molecule has 6 nitrogen and oxygen atoms in total. The number of hydrogen-bond acceptors (Lipinski definition) is 3. The van der Waals surface area contributed by atoms with Crippen molar-refractivity contribution in [2.24, 2.45) is 0 Å². The standard InChI is InChI=1S/C26H24N4O2/c1-17-22-10-6-7-11-24(22)27-18(2)23(17)16-25(31)28-20-12-14-21(15-13-20)30-26(32)29-19-8-4-3-5-9-19/h3-15H,16H2,1-2H3,(H,28,31)(H2,29,30,32). The lowest BCUT2D eigenvalue weighted by Gasteiger charge is -2.13. The van der Waals surface area contributed by atoms with Gasteiger partial charge in [-0.05, 0) is 67.4 Å². The number of fused-ring (bicyclic) bond motifs is 1. The highest BCUT2D eigenvalue weighted by atomic mass is 16.2. The number of rotatable bonds is 5. The first kappa shape index (κ1) is 21.1. The number of carbonyl (C=O) groups is 2. The number of para-hydroxylation sites is 2. The van der Waals surface area contributed by atoms with Crippen LogP contribution in [0.15, 0.2) is 78.9 Å². The van der Waals surface area contributed by atoms with Gasteiger partial charge in [-0.25, -0.2) is 4.79 Å². The highest BCUT2D eigenvalue weighted by molar-refractivity contribution is 6.00. The number of pyridine rings is 1. The third-order valence-corrected chi connectivity index (χ3v) is 5.28. The molecule has 4 aromatic rings. The summed E-state index contributed by atoms with van der Waals surface area (Å²) in [6, 6.07) is 23.8. The fourth-order valence-corrected chi connectivity index (χ4v) is 3.65. The summed E-state index contributed by atoms with van der Waals surface area (Å²) in [6.45, 7) is 3.96. The molecule has 1 aromatic heterocycles. The number of nitrogens with zero attached hydrogens (tertiary/aromatic N) is 1. The van der Waals surface area contributed by atoms with Crippen LogP contribution >= 0.6 is 0 Å². The van der Waals surface area contributed by atoms with Crippen LogP contribution in [0.4, 0.5) is 21.9 Å². The van der Waals surface area contributed by atoms with Gasteiger partial charge in [0.25, 0.3) is 0 Å². The fourth-order valence-electron chi connectivity index (χ4n) is 3.65. The Labute approximate surface area is 186 Å². The van der Waals surface area contributed by atoms with Crippen LogP contribution in [0.3, 0.4) is 0 Å². The first-order valence-corrected chi connectivity index (χ1v) is 10.4. The van der Waals surface area contributed by atoms with Crippen LogP contribution in [-0.4, -0.2) is 16.9 Å². The van der Waals surface area contributed by atoms with Gasteiger partial charge in [0.1, 0.15) is 0 Å². The summed E-state index contributed by atoms with van der Waals surface area (Å²) >= 11 is 0. The van der Waals surface area contributed by atoms with Crippen molar-refractivity contribution in [3.63, 3.8) is 0 Å². The van der Waals surface area contributed by atoms with E-state index in [1.807, 2.05) is 68.4 Å². The zero-order valence-corrected chi connectivity index (χ0v) is 18.0. The number of anilines is 3. The van der Waals surface area contributed by atoms with Crippen LogP contribution in [0.25, 0.3) is 10.9 Å². The lowest BCUT2D eigenvalue weighted by Crippen LogP contribution is -2.19. The molecule has 3 N–H and O–H groups in total. The van der Waals surface area contributed by atoms with Crippen LogP contribution in [0.5, 0.6) is 0 Å². The van der Waals surface area contributed by atoms with E-state index < -0.39 is 0 Å². The zero-order chi connectivity index (χ0) is 22.5. The van der Waals surface area contributed by atoms with Crippen LogP contribution in [0, 0.1) is 13.8 Å². The molecule has 0 radical (unpaired) electrons. The highest BCUT2D eigenvalue weighted by Gasteiger charge is 2.13. The van der Waals surface area contributed by atoms with Crippen molar-refractivity contribution < 1.29 is 9.59 Å². The maximum Gasteiger partial charge on any atom is 0.323 e. The van der Waals surface area contributed by atoms with Crippen LogP contribution in [0.1, 0.15) is 16.8 Å². The maximum atomic E-state index is 12.7. The van der Waals surface area contributed by atoms with Crippen LogP contribution in [-0.2, 0) is 11.2 Å². The minimum Gasteiger partial charge on any atom is -0.326 e. The van der Waals surface area contributed by atoms with E-state index >= 15 is 0 Å². The first-order chi connectivity index (χ1) is 15.5. The highest BCUT2D eigenvalue weighted by Crippen LogP contribution is 2.23. The number of nitrogens with one attached hydrogen (secondary N) is 3. The summed E-state index contributed by atoms with van der Waals surface area (Å²) in [5, 5.41) is 9.51. The lowest BCUT2D eigenvalue weighted by molar-refractivity contribution is -0.115. The lowest BCUT2D eigenvalue weighted by atomic mass is 9.99. The van der Waals surface area contributed by atoms with Gasteiger partial charge in [-0.2, -0.15) is 0 Å². The second-order valence-electron chi connectivity index (χ2n) is 7.57. The first-order valence-electron chi connectivity index (χ1n) is 10.4. The van der Waals surface area contributed by atoms with E-state index in [0.29, 0.717) is 17.1 Å². The van der Waals surface area contributed by atoms with E-state index in [0.717, 1.165) is 27.7 Å². The average Bonchev–Trinajstić information content (AvgIpc) is 2.78. The van der Waals surface area contributed by atoms with E-state index in [-0.39, 0.29) is 18.4 Å². The fraction of sp³-hybridized carbons (Fsp3) is 0.115. The number of benzene rings is 3. The molecule has 0 saturated heterocycles. The third kappa shape index (κ3) is 4.92. The van der Waals surface area contributed by atoms with E-state index in [4.69, 9.17) is 0 Å². The van der Waals surface area contributed by atoms with Gasteiger partial charge >= 0.3 is 6.03 Å².